The van der Waals surface area contributed by atoms with Crippen LogP contribution < -0.4 is 5.32 Å². The molecule has 0 aliphatic carbocycles. The lowest BCUT2D eigenvalue weighted by molar-refractivity contribution is -0.145. The van der Waals surface area contributed by atoms with Crippen molar-refractivity contribution in [3.8, 4) is 11.3 Å². The van der Waals surface area contributed by atoms with Gasteiger partial charge in [0.05, 0.1) is 5.92 Å². The average Bonchev–Trinajstić information content (AvgIpc) is 3.17. The number of benzene rings is 1. The predicted octanol–water partition coefficient (Wildman–Crippen LogP) is 2.86. The summed E-state index contributed by atoms with van der Waals surface area (Å²) in [4.78, 5) is 27.0. The molecule has 1 amide bonds. The van der Waals surface area contributed by atoms with E-state index in [1.165, 1.54) is 0 Å². The molecule has 1 atom stereocenters. The molecule has 3 rings (SSSR count). The Morgan fingerprint density at radius 3 is 2.59 bits per heavy atom. The van der Waals surface area contributed by atoms with Crippen molar-refractivity contribution in [1.82, 2.24) is 10.3 Å². The van der Waals surface area contributed by atoms with Gasteiger partial charge < -0.3 is 20.1 Å². The van der Waals surface area contributed by atoms with E-state index in [9.17, 15) is 14.7 Å². The highest BCUT2D eigenvalue weighted by Gasteiger charge is 2.29. The molecule has 2 aromatic rings. The molecular formula is C21H26N2O4. The number of aromatic amines is 1. The second-order valence-electron chi connectivity index (χ2n) is 6.96. The fraction of sp³-hybridized carbons (Fsp3) is 0.429. The van der Waals surface area contributed by atoms with Crippen molar-refractivity contribution in [3.63, 3.8) is 0 Å². The summed E-state index contributed by atoms with van der Waals surface area (Å²) in [6.45, 7) is 1.37. The number of H-pyrrole nitrogens is 1. The number of ether oxygens (including phenoxy) is 1. The number of aromatic nitrogens is 1. The third-order valence-corrected chi connectivity index (χ3v) is 5.12. The molecule has 27 heavy (non-hydrogen) atoms. The molecule has 1 saturated heterocycles. The Morgan fingerprint density at radius 1 is 1.15 bits per heavy atom. The number of carboxylic acid groups (broad SMARTS) is 1. The van der Waals surface area contributed by atoms with Crippen LogP contribution in [0.25, 0.3) is 11.3 Å². The van der Waals surface area contributed by atoms with Gasteiger partial charge in [0.15, 0.2) is 0 Å². The molecule has 1 aliphatic heterocycles. The first-order chi connectivity index (χ1) is 13.1. The second kappa shape index (κ2) is 9.37. The lowest BCUT2D eigenvalue weighted by Crippen LogP contribution is -2.39. The third kappa shape index (κ3) is 5.44. The Hall–Kier alpha value is -2.60. The number of carbonyl (C=O) groups excluding carboxylic acids is 1. The van der Waals surface area contributed by atoms with Crippen LogP contribution in [0.1, 0.15) is 25.0 Å². The zero-order valence-corrected chi connectivity index (χ0v) is 15.3. The van der Waals surface area contributed by atoms with Crippen molar-refractivity contribution in [1.29, 1.82) is 0 Å². The van der Waals surface area contributed by atoms with Crippen LogP contribution in [0.2, 0.25) is 0 Å². The molecule has 144 valence electrons. The van der Waals surface area contributed by atoms with Crippen molar-refractivity contribution in [3.05, 3.63) is 48.2 Å². The van der Waals surface area contributed by atoms with Gasteiger partial charge in [-0.3, -0.25) is 9.59 Å². The molecule has 1 unspecified atom stereocenters. The van der Waals surface area contributed by atoms with E-state index in [0.717, 1.165) is 29.8 Å². The Kier molecular flexibility index (Phi) is 6.65. The molecule has 0 saturated carbocycles. The first-order valence-corrected chi connectivity index (χ1v) is 9.44. The molecule has 0 radical (unpaired) electrons. The van der Waals surface area contributed by atoms with Crippen LogP contribution in [0.4, 0.5) is 0 Å². The van der Waals surface area contributed by atoms with Crippen LogP contribution in [0.3, 0.4) is 0 Å². The fourth-order valence-corrected chi connectivity index (χ4v) is 3.51. The Labute approximate surface area is 158 Å². The number of carboxylic acids is 1. The zero-order valence-electron chi connectivity index (χ0n) is 15.3. The number of aliphatic carboxylic acids is 1. The van der Waals surface area contributed by atoms with Crippen molar-refractivity contribution >= 4 is 11.9 Å². The van der Waals surface area contributed by atoms with Crippen LogP contribution in [0.15, 0.2) is 42.5 Å². The second-order valence-corrected chi connectivity index (χ2v) is 6.96. The summed E-state index contributed by atoms with van der Waals surface area (Å²) in [6, 6.07) is 14.0. The number of amides is 1. The summed E-state index contributed by atoms with van der Waals surface area (Å²) < 4.78 is 5.29. The normalized spacial score (nSPS) is 16.0. The van der Waals surface area contributed by atoms with Gasteiger partial charge in [-0.05, 0) is 42.9 Å². The predicted molar refractivity (Wildman–Crippen MR) is 102 cm³/mol. The molecule has 1 aromatic heterocycles. The first kappa shape index (κ1) is 19.2. The van der Waals surface area contributed by atoms with E-state index < -0.39 is 11.9 Å². The van der Waals surface area contributed by atoms with Crippen LogP contribution >= 0.6 is 0 Å². The van der Waals surface area contributed by atoms with Crippen molar-refractivity contribution < 1.29 is 19.4 Å². The van der Waals surface area contributed by atoms with Crippen molar-refractivity contribution in [2.45, 2.75) is 25.7 Å². The van der Waals surface area contributed by atoms with E-state index in [4.69, 9.17) is 4.74 Å². The maximum atomic E-state index is 12.2. The molecule has 1 aromatic carbocycles. The number of aryl methyl sites for hydroxylation is 1. The molecule has 6 nitrogen and oxygen atoms in total. The maximum absolute atomic E-state index is 12.2. The summed E-state index contributed by atoms with van der Waals surface area (Å²) in [5.41, 5.74) is 3.12. The van der Waals surface area contributed by atoms with Crippen molar-refractivity contribution in [2.24, 2.45) is 11.8 Å². The molecule has 1 fully saturated rings. The van der Waals surface area contributed by atoms with E-state index in [2.05, 4.69) is 10.3 Å². The highest BCUT2D eigenvalue weighted by molar-refractivity contribution is 5.77. The standard InChI is InChI=1S/C21H26N2O4/c24-20(22-14-18(21(25)26)15-10-12-27-13-11-15)9-7-17-6-8-19(23-17)16-4-2-1-3-5-16/h1-6,8,15,18,23H,7,9-14H2,(H,22,24)(H,25,26). The molecule has 1 aliphatic rings. The quantitative estimate of drug-likeness (QED) is 0.666. The number of hydrogen-bond acceptors (Lipinski definition) is 3. The van der Waals surface area contributed by atoms with Gasteiger partial charge in [-0.2, -0.15) is 0 Å². The number of rotatable bonds is 8. The smallest absolute Gasteiger partial charge is 0.308 e. The van der Waals surface area contributed by atoms with E-state index >= 15 is 0 Å². The Balaban J connectivity index is 1.46. The van der Waals surface area contributed by atoms with Crippen LogP contribution in [-0.2, 0) is 20.7 Å². The first-order valence-electron chi connectivity index (χ1n) is 9.44. The highest BCUT2D eigenvalue weighted by atomic mass is 16.5. The minimum Gasteiger partial charge on any atom is -0.481 e. The summed E-state index contributed by atoms with van der Waals surface area (Å²) >= 11 is 0. The third-order valence-electron chi connectivity index (χ3n) is 5.12. The Bertz CT molecular complexity index is 751. The lowest BCUT2D eigenvalue weighted by Gasteiger charge is -2.27. The number of nitrogens with one attached hydrogen (secondary N) is 2. The SMILES string of the molecule is O=C(CCc1ccc(-c2ccccc2)[nH]1)NCC(C(=O)O)C1CCOCC1. The average molecular weight is 370 g/mol. The van der Waals surface area contributed by atoms with Crippen molar-refractivity contribution in [2.75, 3.05) is 19.8 Å². The lowest BCUT2D eigenvalue weighted by atomic mass is 9.86. The monoisotopic (exact) mass is 370 g/mol. The van der Waals surface area contributed by atoms with Gasteiger partial charge >= 0.3 is 5.97 Å². The van der Waals surface area contributed by atoms with Gasteiger partial charge in [-0.25, -0.2) is 0 Å². The van der Waals surface area contributed by atoms with E-state index in [-0.39, 0.29) is 18.4 Å². The van der Waals surface area contributed by atoms with Gasteiger partial charge in [0.25, 0.3) is 0 Å². The molecule has 0 spiro atoms. The van der Waals surface area contributed by atoms with Crippen LogP contribution in [0, 0.1) is 11.8 Å². The number of carbonyl (C=O) groups is 2. The van der Waals surface area contributed by atoms with E-state index in [1.54, 1.807) is 0 Å². The zero-order chi connectivity index (χ0) is 19.1. The summed E-state index contributed by atoms with van der Waals surface area (Å²) in [7, 11) is 0. The summed E-state index contributed by atoms with van der Waals surface area (Å²) in [5, 5.41) is 12.3. The van der Waals surface area contributed by atoms with Crippen LogP contribution in [-0.4, -0.2) is 41.7 Å². The van der Waals surface area contributed by atoms with E-state index in [1.807, 2.05) is 42.5 Å². The fourth-order valence-electron chi connectivity index (χ4n) is 3.51. The van der Waals surface area contributed by atoms with Gasteiger partial charge in [-0.15, -0.1) is 0 Å². The molecule has 2 heterocycles. The molecule has 3 N–H and O–H groups in total. The minimum atomic E-state index is -0.848. The highest BCUT2D eigenvalue weighted by Crippen LogP contribution is 2.24. The van der Waals surface area contributed by atoms with E-state index in [0.29, 0.717) is 26.1 Å². The molecule has 6 heteroatoms. The molecule has 0 bridgehead atoms. The summed E-state index contributed by atoms with van der Waals surface area (Å²) in [5.74, 6) is -1.45. The maximum Gasteiger partial charge on any atom is 0.308 e. The largest absolute Gasteiger partial charge is 0.481 e. The van der Waals surface area contributed by atoms with Gasteiger partial charge in [0.2, 0.25) is 5.91 Å². The number of hydrogen-bond donors (Lipinski definition) is 3. The summed E-state index contributed by atoms with van der Waals surface area (Å²) in [6.07, 6.45) is 2.39. The minimum absolute atomic E-state index is 0.0633. The topological polar surface area (TPSA) is 91.4 Å². The molecular weight excluding hydrogens is 344 g/mol. The van der Waals surface area contributed by atoms with Gasteiger partial charge in [-0.1, -0.05) is 30.3 Å². The van der Waals surface area contributed by atoms with Gasteiger partial charge in [0, 0.05) is 37.6 Å². The Morgan fingerprint density at radius 2 is 1.89 bits per heavy atom. The van der Waals surface area contributed by atoms with Crippen LogP contribution in [0.5, 0.6) is 0 Å². The van der Waals surface area contributed by atoms with Gasteiger partial charge in [0.1, 0.15) is 0 Å².